The molecule has 1 heterocycles. The Kier molecular flexibility index (Phi) is 6.66. The van der Waals surface area contributed by atoms with Gasteiger partial charge in [-0.2, -0.15) is 0 Å². The van der Waals surface area contributed by atoms with Crippen LogP contribution in [-0.4, -0.2) is 28.3 Å². The maximum absolute atomic E-state index is 12.3. The molecule has 138 valence electrons. The number of benzene rings is 1. The molecule has 0 atom stereocenters. The maximum atomic E-state index is 12.3. The van der Waals surface area contributed by atoms with Gasteiger partial charge in [-0.25, -0.2) is 9.97 Å². The third-order valence-electron chi connectivity index (χ3n) is 3.56. The van der Waals surface area contributed by atoms with Crippen molar-refractivity contribution in [2.24, 2.45) is 5.92 Å². The summed E-state index contributed by atoms with van der Waals surface area (Å²) in [5.74, 6) is 1.25. The van der Waals surface area contributed by atoms with Crippen molar-refractivity contribution in [2.75, 3.05) is 17.2 Å². The summed E-state index contributed by atoms with van der Waals surface area (Å²) in [7, 11) is 0. The summed E-state index contributed by atoms with van der Waals surface area (Å²) in [4.78, 5) is 31.8. The number of rotatable bonds is 7. The van der Waals surface area contributed by atoms with E-state index in [-0.39, 0.29) is 11.8 Å². The highest BCUT2D eigenvalue weighted by Crippen LogP contribution is 2.18. The lowest BCUT2D eigenvalue weighted by atomic mass is 10.1. The van der Waals surface area contributed by atoms with Gasteiger partial charge in [0, 0.05) is 30.9 Å². The summed E-state index contributed by atoms with van der Waals surface area (Å²) in [5.41, 5.74) is 1.84. The third-order valence-corrected chi connectivity index (χ3v) is 3.56. The third kappa shape index (κ3) is 6.16. The van der Waals surface area contributed by atoms with E-state index in [1.807, 2.05) is 12.1 Å². The van der Waals surface area contributed by atoms with Crippen molar-refractivity contribution in [3.63, 3.8) is 0 Å². The smallest absolute Gasteiger partial charge is 0.270 e. The van der Waals surface area contributed by atoms with Crippen LogP contribution in [0.1, 0.15) is 43.5 Å². The average molecular weight is 355 g/mol. The number of carbonyl (C=O) groups excluding carboxylic acids is 2. The van der Waals surface area contributed by atoms with E-state index >= 15 is 0 Å². The van der Waals surface area contributed by atoms with Crippen molar-refractivity contribution < 1.29 is 9.59 Å². The topological polar surface area (TPSA) is 96.0 Å². The molecule has 2 aromatic rings. The van der Waals surface area contributed by atoms with Crippen LogP contribution in [0.5, 0.6) is 0 Å². The minimum absolute atomic E-state index is 0.120. The molecule has 0 saturated heterocycles. The molecule has 2 amide bonds. The van der Waals surface area contributed by atoms with Gasteiger partial charge in [0.15, 0.2) is 0 Å². The molecule has 0 unspecified atom stereocenters. The summed E-state index contributed by atoms with van der Waals surface area (Å²) >= 11 is 0. The summed E-state index contributed by atoms with van der Waals surface area (Å²) < 4.78 is 0. The first-order chi connectivity index (χ1) is 12.3. The Bertz CT molecular complexity index is 772. The molecule has 0 bridgehead atoms. The van der Waals surface area contributed by atoms with Crippen molar-refractivity contribution in [1.29, 1.82) is 0 Å². The van der Waals surface area contributed by atoms with E-state index in [0.717, 1.165) is 12.1 Å². The Morgan fingerprint density at radius 1 is 1.08 bits per heavy atom. The standard InChI is InChI=1S/C19H25N5O2/c1-12(2)9-10-20-19(26)17-11-18(22-13(3)21-17)24-16-7-5-15(6-8-16)23-14(4)25/h5-8,11-12H,9-10H2,1-4H3,(H,20,26)(H,23,25)(H,21,22,24). The largest absolute Gasteiger partial charge is 0.351 e. The van der Waals surface area contributed by atoms with Crippen LogP contribution in [0.4, 0.5) is 17.2 Å². The van der Waals surface area contributed by atoms with Crippen LogP contribution in [0.25, 0.3) is 0 Å². The van der Waals surface area contributed by atoms with Crippen LogP contribution >= 0.6 is 0 Å². The zero-order chi connectivity index (χ0) is 19.1. The fraction of sp³-hybridized carbons (Fsp3) is 0.368. The highest BCUT2D eigenvalue weighted by atomic mass is 16.2. The van der Waals surface area contributed by atoms with E-state index in [4.69, 9.17) is 0 Å². The Morgan fingerprint density at radius 3 is 2.35 bits per heavy atom. The van der Waals surface area contributed by atoms with Gasteiger partial charge >= 0.3 is 0 Å². The molecule has 7 nitrogen and oxygen atoms in total. The molecule has 0 spiro atoms. The Morgan fingerprint density at radius 2 is 1.73 bits per heavy atom. The molecule has 0 radical (unpaired) electrons. The molecular weight excluding hydrogens is 330 g/mol. The fourth-order valence-corrected chi connectivity index (χ4v) is 2.30. The van der Waals surface area contributed by atoms with Gasteiger partial charge in [-0.1, -0.05) is 13.8 Å². The number of carbonyl (C=O) groups is 2. The van der Waals surface area contributed by atoms with Crippen LogP contribution in [0.15, 0.2) is 30.3 Å². The van der Waals surface area contributed by atoms with Gasteiger partial charge < -0.3 is 16.0 Å². The average Bonchev–Trinajstić information content (AvgIpc) is 2.55. The molecule has 1 aromatic carbocycles. The molecular formula is C19H25N5O2. The number of hydrogen-bond donors (Lipinski definition) is 3. The molecule has 0 fully saturated rings. The molecule has 7 heteroatoms. The number of hydrogen-bond acceptors (Lipinski definition) is 5. The van der Waals surface area contributed by atoms with E-state index < -0.39 is 0 Å². The molecule has 0 aliphatic carbocycles. The molecule has 0 aliphatic heterocycles. The van der Waals surface area contributed by atoms with Gasteiger partial charge in [-0.15, -0.1) is 0 Å². The van der Waals surface area contributed by atoms with Gasteiger partial charge in [-0.3, -0.25) is 9.59 Å². The number of nitrogens with one attached hydrogen (secondary N) is 3. The first-order valence-electron chi connectivity index (χ1n) is 8.62. The lowest BCUT2D eigenvalue weighted by Gasteiger charge is -2.10. The normalized spacial score (nSPS) is 10.5. The molecule has 26 heavy (non-hydrogen) atoms. The second-order valence-electron chi connectivity index (χ2n) is 6.51. The monoisotopic (exact) mass is 355 g/mol. The van der Waals surface area contributed by atoms with Crippen molar-refractivity contribution >= 4 is 29.0 Å². The van der Waals surface area contributed by atoms with Gasteiger partial charge in [0.05, 0.1) is 0 Å². The van der Waals surface area contributed by atoms with Crippen molar-refractivity contribution in [3.8, 4) is 0 Å². The number of aromatic nitrogens is 2. The molecule has 0 aliphatic rings. The van der Waals surface area contributed by atoms with Crippen LogP contribution in [0.3, 0.4) is 0 Å². The second kappa shape index (κ2) is 8.94. The minimum Gasteiger partial charge on any atom is -0.351 e. The van der Waals surface area contributed by atoms with E-state index in [1.54, 1.807) is 25.1 Å². The zero-order valence-electron chi connectivity index (χ0n) is 15.6. The Hall–Kier alpha value is -2.96. The van der Waals surface area contributed by atoms with Gasteiger partial charge in [0.2, 0.25) is 5.91 Å². The van der Waals surface area contributed by atoms with E-state index in [2.05, 4.69) is 39.8 Å². The van der Waals surface area contributed by atoms with Crippen molar-refractivity contribution in [1.82, 2.24) is 15.3 Å². The SMILES string of the molecule is CC(=O)Nc1ccc(Nc2cc(C(=O)NCCC(C)C)nc(C)n2)cc1. The Balaban J connectivity index is 2.06. The van der Waals surface area contributed by atoms with Crippen LogP contribution in [-0.2, 0) is 4.79 Å². The van der Waals surface area contributed by atoms with E-state index in [0.29, 0.717) is 35.5 Å². The van der Waals surface area contributed by atoms with Crippen LogP contribution in [0, 0.1) is 12.8 Å². The summed E-state index contributed by atoms with van der Waals surface area (Å²) in [6, 6.07) is 8.85. The number of nitrogens with zero attached hydrogens (tertiary/aromatic N) is 2. The van der Waals surface area contributed by atoms with E-state index in [1.165, 1.54) is 6.92 Å². The number of amides is 2. The molecule has 2 rings (SSSR count). The first-order valence-corrected chi connectivity index (χ1v) is 8.62. The zero-order valence-corrected chi connectivity index (χ0v) is 15.6. The van der Waals surface area contributed by atoms with Gasteiger partial charge in [-0.05, 0) is 43.5 Å². The second-order valence-corrected chi connectivity index (χ2v) is 6.51. The van der Waals surface area contributed by atoms with Crippen LogP contribution < -0.4 is 16.0 Å². The lowest BCUT2D eigenvalue weighted by Crippen LogP contribution is -2.26. The van der Waals surface area contributed by atoms with E-state index in [9.17, 15) is 9.59 Å². The number of anilines is 3. The molecule has 3 N–H and O–H groups in total. The maximum Gasteiger partial charge on any atom is 0.270 e. The highest BCUT2D eigenvalue weighted by Gasteiger charge is 2.10. The highest BCUT2D eigenvalue weighted by molar-refractivity contribution is 5.93. The van der Waals surface area contributed by atoms with Crippen LogP contribution in [0.2, 0.25) is 0 Å². The fourth-order valence-electron chi connectivity index (χ4n) is 2.30. The molecule has 1 aromatic heterocycles. The predicted octanol–water partition coefficient (Wildman–Crippen LogP) is 3.26. The van der Waals surface area contributed by atoms with Gasteiger partial charge in [0.1, 0.15) is 17.3 Å². The van der Waals surface area contributed by atoms with Gasteiger partial charge in [0.25, 0.3) is 5.91 Å². The lowest BCUT2D eigenvalue weighted by molar-refractivity contribution is -0.114. The molecule has 0 saturated carbocycles. The first kappa shape index (κ1) is 19.4. The van der Waals surface area contributed by atoms with Crippen molar-refractivity contribution in [2.45, 2.75) is 34.1 Å². The summed E-state index contributed by atoms with van der Waals surface area (Å²) in [6.45, 7) is 8.05. The quantitative estimate of drug-likeness (QED) is 0.708. The van der Waals surface area contributed by atoms with Crippen molar-refractivity contribution in [3.05, 3.63) is 41.9 Å². The summed E-state index contributed by atoms with van der Waals surface area (Å²) in [5, 5.41) is 8.74. The summed E-state index contributed by atoms with van der Waals surface area (Å²) in [6.07, 6.45) is 0.918. The predicted molar refractivity (Wildman–Crippen MR) is 103 cm³/mol. The minimum atomic E-state index is -0.208. The number of aryl methyl sites for hydroxylation is 1. The Labute approximate surface area is 153 Å².